The maximum atomic E-state index is 12.7. The fraction of sp³-hybridized carbons (Fsp3) is 0.933. The highest BCUT2D eigenvalue weighted by molar-refractivity contribution is 5.82. The lowest BCUT2D eigenvalue weighted by molar-refractivity contribution is -0.186. The number of carbonyl (C=O) groups excluding carboxylic acids is 1. The van der Waals surface area contributed by atoms with E-state index < -0.39 is 12.1 Å². The van der Waals surface area contributed by atoms with Crippen molar-refractivity contribution in [2.75, 3.05) is 13.1 Å². The number of halogens is 3. The molecule has 3 fully saturated rings. The minimum atomic E-state index is -4.12. The Morgan fingerprint density at radius 1 is 1.05 bits per heavy atom. The monoisotopic (exact) mass is 304 g/mol. The molecule has 1 saturated carbocycles. The maximum Gasteiger partial charge on any atom is 0.391 e. The number of likely N-dealkylation sites (tertiary alicyclic amines) is 1. The second-order valence-corrected chi connectivity index (χ2v) is 6.75. The molecule has 6 heteroatoms. The first-order chi connectivity index (χ1) is 9.95. The number of hydrogen-bond acceptors (Lipinski definition) is 2. The average molecular weight is 304 g/mol. The van der Waals surface area contributed by atoms with E-state index in [-0.39, 0.29) is 37.9 Å². The highest BCUT2D eigenvalue weighted by Gasteiger charge is 2.44. The van der Waals surface area contributed by atoms with E-state index in [1.165, 1.54) is 19.3 Å². The quantitative estimate of drug-likeness (QED) is 0.808. The first kappa shape index (κ1) is 15.1. The van der Waals surface area contributed by atoms with Gasteiger partial charge in [-0.3, -0.25) is 4.79 Å². The molecule has 0 aromatic heterocycles. The highest BCUT2D eigenvalue weighted by Crippen LogP contribution is 2.36. The molecule has 0 radical (unpaired) electrons. The van der Waals surface area contributed by atoms with Gasteiger partial charge in [-0.15, -0.1) is 0 Å². The van der Waals surface area contributed by atoms with E-state index in [0.29, 0.717) is 12.0 Å². The molecule has 0 aromatic carbocycles. The van der Waals surface area contributed by atoms with Crippen LogP contribution in [0.2, 0.25) is 0 Å². The van der Waals surface area contributed by atoms with Crippen molar-refractivity contribution >= 4 is 5.91 Å². The fourth-order valence-corrected chi connectivity index (χ4v) is 4.16. The summed E-state index contributed by atoms with van der Waals surface area (Å²) < 4.78 is 38.0. The van der Waals surface area contributed by atoms with Crippen LogP contribution in [-0.4, -0.2) is 42.2 Å². The van der Waals surface area contributed by atoms with Crippen molar-refractivity contribution < 1.29 is 18.0 Å². The second-order valence-electron chi connectivity index (χ2n) is 6.75. The third-order valence-electron chi connectivity index (χ3n) is 5.43. The van der Waals surface area contributed by atoms with Crippen molar-refractivity contribution in [3.63, 3.8) is 0 Å². The molecular formula is C15H23F3N2O. The molecule has 2 saturated heterocycles. The zero-order valence-corrected chi connectivity index (χ0v) is 12.2. The average Bonchev–Trinajstić information content (AvgIpc) is 2.89. The molecule has 2 aliphatic heterocycles. The molecule has 0 aromatic rings. The number of fused-ring (bicyclic) bond motifs is 1. The normalized spacial score (nSPS) is 34.8. The van der Waals surface area contributed by atoms with Gasteiger partial charge in [0.1, 0.15) is 0 Å². The van der Waals surface area contributed by atoms with Gasteiger partial charge in [-0.1, -0.05) is 12.8 Å². The molecule has 1 aliphatic carbocycles. The standard InChI is InChI=1S/C15H23F3N2O/c16-15(17,18)11-5-7-20(8-6-11)14(21)13-9-10-3-1-2-4-12(10)19-13/h10-13,19H,1-9H2. The predicted molar refractivity (Wildman–Crippen MR) is 72.6 cm³/mol. The van der Waals surface area contributed by atoms with Crippen LogP contribution in [0.5, 0.6) is 0 Å². The third kappa shape index (κ3) is 3.20. The molecule has 3 aliphatic rings. The van der Waals surface area contributed by atoms with Gasteiger partial charge in [-0.25, -0.2) is 0 Å². The molecule has 120 valence electrons. The van der Waals surface area contributed by atoms with Gasteiger partial charge in [-0.2, -0.15) is 13.2 Å². The molecule has 3 nitrogen and oxygen atoms in total. The van der Waals surface area contributed by atoms with E-state index >= 15 is 0 Å². The number of amides is 1. The zero-order chi connectivity index (χ0) is 15.0. The van der Waals surface area contributed by atoms with Crippen molar-refractivity contribution in [3.8, 4) is 0 Å². The van der Waals surface area contributed by atoms with E-state index in [1.54, 1.807) is 4.90 Å². The highest BCUT2D eigenvalue weighted by atomic mass is 19.4. The molecule has 1 N–H and O–H groups in total. The Morgan fingerprint density at radius 3 is 2.33 bits per heavy atom. The lowest BCUT2D eigenvalue weighted by atomic mass is 9.85. The SMILES string of the molecule is O=C(C1CC2CCCCC2N1)N1CCC(C(F)(F)F)CC1. The number of nitrogens with zero attached hydrogens (tertiary/aromatic N) is 1. The molecular weight excluding hydrogens is 281 g/mol. The van der Waals surface area contributed by atoms with Crippen LogP contribution < -0.4 is 5.32 Å². The Morgan fingerprint density at radius 2 is 1.71 bits per heavy atom. The van der Waals surface area contributed by atoms with E-state index in [9.17, 15) is 18.0 Å². The molecule has 0 spiro atoms. The number of piperidine rings is 1. The van der Waals surface area contributed by atoms with Gasteiger partial charge in [0.25, 0.3) is 0 Å². The van der Waals surface area contributed by atoms with Crippen LogP contribution in [0, 0.1) is 11.8 Å². The molecule has 3 rings (SSSR count). The Bertz CT molecular complexity index is 377. The van der Waals surface area contributed by atoms with E-state index in [1.807, 2.05) is 0 Å². The van der Waals surface area contributed by atoms with Crippen LogP contribution in [0.15, 0.2) is 0 Å². The van der Waals surface area contributed by atoms with E-state index in [0.717, 1.165) is 12.8 Å². The first-order valence-corrected chi connectivity index (χ1v) is 8.06. The summed E-state index contributed by atoms with van der Waals surface area (Å²) in [7, 11) is 0. The van der Waals surface area contributed by atoms with Crippen molar-refractivity contribution in [1.29, 1.82) is 0 Å². The molecule has 3 unspecified atom stereocenters. The molecule has 3 atom stereocenters. The number of hydrogen-bond donors (Lipinski definition) is 1. The van der Waals surface area contributed by atoms with Crippen LogP contribution in [0.1, 0.15) is 44.9 Å². The van der Waals surface area contributed by atoms with Gasteiger partial charge in [0, 0.05) is 19.1 Å². The van der Waals surface area contributed by atoms with E-state index in [2.05, 4.69) is 5.32 Å². The van der Waals surface area contributed by atoms with Crippen molar-refractivity contribution in [2.45, 2.75) is 63.2 Å². The van der Waals surface area contributed by atoms with Crippen molar-refractivity contribution in [1.82, 2.24) is 10.2 Å². The first-order valence-electron chi connectivity index (χ1n) is 8.06. The summed E-state index contributed by atoms with van der Waals surface area (Å²) in [5.41, 5.74) is 0. The third-order valence-corrected chi connectivity index (χ3v) is 5.43. The van der Waals surface area contributed by atoms with Crippen LogP contribution in [-0.2, 0) is 4.79 Å². The summed E-state index contributed by atoms with van der Waals surface area (Å²) in [6.07, 6.45) is 1.61. The molecule has 1 amide bonds. The van der Waals surface area contributed by atoms with Gasteiger partial charge in [-0.05, 0) is 38.0 Å². The Balaban J connectivity index is 1.53. The van der Waals surface area contributed by atoms with E-state index in [4.69, 9.17) is 0 Å². The lowest BCUT2D eigenvalue weighted by Gasteiger charge is -2.34. The number of rotatable bonds is 1. The van der Waals surface area contributed by atoms with Crippen molar-refractivity contribution in [2.24, 2.45) is 11.8 Å². The Hall–Kier alpha value is -0.780. The van der Waals surface area contributed by atoms with Crippen molar-refractivity contribution in [3.05, 3.63) is 0 Å². The molecule has 21 heavy (non-hydrogen) atoms. The van der Waals surface area contributed by atoms with Gasteiger partial charge in [0.05, 0.1) is 12.0 Å². The topological polar surface area (TPSA) is 32.3 Å². The maximum absolute atomic E-state index is 12.7. The summed E-state index contributed by atoms with van der Waals surface area (Å²) in [6.45, 7) is 0.493. The molecule has 2 heterocycles. The fourth-order valence-electron chi connectivity index (χ4n) is 4.16. The van der Waals surface area contributed by atoms with Gasteiger partial charge < -0.3 is 10.2 Å². The molecule has 0 bridgehead atoms. The summed E-state index contributed by atoms with van der Waals surface area (Å²) in [5, 5.41) is 3.42. The Labute approximate surface area is 123 Å². The second kappa shape index (κ2) is 5.78. The zero-order valence-electron chi connectivity index (χ0n) is 12.2. The van der Waals surface area contributed by atoms with Crippen LogP contribution in [0.4, 0.5) is 13.2 Å². The Kier molecular flexibility index (Phi) is 4.17. The summed E-state index contributed by atoms with van der Waals surface area (Å²) in [4.78, 5) is 14.1. The van der Waals surface area contributed by atoms with Crippen LogP contribution in [0.25, 0.3) is 0 Å². The number of nitrogens with one attached hydrogen (secondary N) is 1. The van der Waals surface area contributed by atoms with Crippen LogP contribution in [0.3, 0.4) is 0 Å². The number of carbonyl (C=O) groups is 1. The number of alkyl halides is 3. The van der Waals surface area contributed by atoms with Crippen LogP contribution >= 0.6 is 0 Å². The summed E-state index contributed by atoms with van der Waals surface area (Å²) in [5.74, 6) is -0.633. The minimum Gasteiger partial charge on any atom is -0.341 e. The minimum absolute atomic E-state index is 0.0185. The summed E-state index contributed by atoms with van der Waals surface area (Å²) >= 11 is 0. The van der Waals surface area contributed by atoms with Gasteiger partial charge >= 0.3 is 6.18 Å². The lowest BCUT2D eigenvalue weighted by Crippen LogP contribution is -2.49. The van der Waals surface area contributed by atoms with Gasteiger partial charge in [0.15, 0.2) is 0 Å². The largest absolute Gasteiger partial charge is 0.391 e. The summed E-state index contributed by atoms with van der Waals surface area (Å²) in [6, 6.07) is 0.279. The van der Waals surface area contributed by atoms with Gasteiger partial charge in [0.2, 0.25) is 5.91 Å². The predicted octanol–water partition coefficient (Wildman–Crippen LogP) is 2.71. The smallest absolute Gasteiger partial charge is 0.341 e.